The Morgan fingerprint density at radius 2 is 2.46 bits per heavy atom. The molecule has 0 N–H and O–H groups in total. The van der Waals surface area contributed by atoms with Gasteiger partial charge in [0, 0.05) is 0 Å². The van der Waals surface area contributed by atoms with Gasteiger partial charge in [0.15, 0.2) is 0 Å². The molecule has 72 valence electrons. The molecular formula is C7H7F2NO3. The minimum atomic E-state index is -2.86. The fourth-order valence-corrected chi connectivity index (χ4v) is 0.768. The van der Waals surface area contributed by atoms with E-state index in [0.717, 1.165) is 6.20 Å². The molecule has 1 aromatic heterocycles. The number of nitrogens with zero attached hydrogens (tertiary/aromatic N) is 1. The highest BCUT2D eigenvalue weighted by atomic mass is 19.3. The van der Waals surface area contributed by atoms with E-state index in [2.05, 4.69) is 14.4 Å². The number of alkyl halides is 2. The minimum Gasteiger partial charge on any atom is -0.462 e. The van der Waals surface area contributed by atoms with Gasteiger partial charge >= 0.3 is 5.97 Å². The molecule has 0 unspecified atom stereocenters. The normalized spacial score (nSPS) is 10.5. The molecule has 1 heterocycles. The first-order valence-corrected chi connectivity index (χ1v) is 3.56. The Balaban J connectivity index is 2.87. The second-order valence-electron chi connectivity index (χ2n) is 2.12. The Kier molecular flexibility index (Phi) is 2.94. The zero-order valence-corrected chi connectivity index (χ0v) is 6.79. The van der Waals surface area contributed by atoms with Gasteiger partial charge in [-0.1, -0.05) is 5.16 Å². The molecule has 0 atom stereocenters. The van der Waals surface area contributed by atoms with E-state index in [-0.39, 0.29) is 12.2 Å². The average Bonchev–Trinajstić information content (AvgIpc) is 2.52. The van der Waals surface area contributed by atoms with Gasteiger partial charge in [-0.25, -0.2) is 13.6 Å². The lowest BCUT2D eigenvalue weighted by molar-refractivity contribution is 0.0505. The Labute approximate surface area is 72.5 Å². The molecular weight excluding hydrogens is 184 g/mol. The van der Waals surface area contributed by atoms with Crippen molar-refractivity contribution in [2.75, 3.05) is 6.61 Å². The Morgan fingerprint density at radius 1 is 1.77 bits per heavy atom. The summed E-state index contributed by atoms with van der Waals surface area (Å²) < 4.78 is 32.9. The van der Waals surface area contributed by atoms with Crippen molar-refractivity contribution in [1.29, 1.82) is 0 Å². The topological polar surface area (TPSA) is 52.3 Å². The van der Waals surface area contributed by atoms with Gasteiger partial charge < -0.3 is 9.26 Å². The van der Waals surface area contributed by atoms with E-state index in [1.807, 2.05) is 0 Å². The van der Waals surface area contributed by atoms with Crippen molar-refractivity contribution >= 4 is 5.97 Å². The largest absolute Gasteiger partial charge is 0.462 e. The molecule has 0 aliphatic rings. The van der Waals surface area contributed by atoms with Crippen molar-refractivity contribution in [1.82, 2.24) is 5.16 Å². The maximum absolute atomic E-state index is 12.1. The number of hydrogen-bond acceptors (Lipinski definition) is 4. The van der Waals surface area contributed by atoms with Gasteiger partial charge in [-0.05, 0) is 6.92 Å². The second kappa shape index (κ2) is 3.97. The van der Waals surface area contributed by atoms with Crippen LogP contribution in [-0.4, -0.2) is 17.7 Å². The van der Waals surface area contributed by atoms with E-state index in [0.29, 0.717) is 0 Å². The first kappa shape index (κ1) is 9.63. The van der Waals surface area contributed by atoms with Gasteiger partial charge in [0.25, 0.3) is 6.43 Å². The molecule has 0 fully saturated rings. The molecule has 13 heavy (non-hydrogen) atoms. The lowest BCUT2D eigenvalue weighted by Crippen LogP contribution is -2.06. The summed E-state index contributed by atoms with van der Waals surface area (Å²) in [7, 11) is 0. The quantitative estimate of drug-likeness (QED) is 0.683. The molecule has 1 rings (SSSR count). The molecule has 0 bridgehead atoms. The maximum atomic E-state index is 12.1. The molecule has 0 spiro atoms. The van der Waals surface area contributed by atoms with Crippen molar-refractivity contribution in [2.45, 2.75) is 13.3 Å². The highest BCUT2D eigenvalue weighted by Crippen LogP contribution is 2.22. The zero-order valence-electron chi connectivity index (χ0n) is 6.79. The third-order valence-electron chi connectivity index (χ3n) is 1.29. The molecule has 0 aromatic carbocycles. The van der Waals surface area contributed by atoms with Crippen LogP contribution >= 0.6 is 0 Å². The molecule has 0 amide bonds. The number of carbonyl (C=O) groups is 1. The van der Waals surface area contributed by atoms with E-state index < -0.39 is 18.2 Å². The summed E-state index contributed by atoms with van der Waals surface area (Å²) >= 11 is 0. The molecule has 0 saturated heterocycles. The lowest BCUT2D eigenvalue weighted by Gasteiger charge is -1.99. The molecule has 6 heteroatoms. The number of esters is 1. The van der Waals surface area contributed by atoms with Crippen LogP contribution in [0.2, 0.25) is 0 Å². The smallest absolute Gasteiger partial charge is 0.343 e. The third kappa shape index (κ3) is 2.01. The van der Waals surface area contributed by atoms with Crippen LogP contribution in [0.25, 0.3) is 0 Å². The van der Waals surface area contributed by atoms with Gasteiger partial charge in [-0.3, -0.25) is 0 Å². The predicted octanol–water partition coefficient (Wildman–Crippen LogP) is 1.79. The highest BCUT2D eigenvalue weighted by Gasteiger charge is 2.24. The summed E-state index contributed by atoms with van der Waals surface area (Å²) in [4.78, 5) is 11.0. The fraction of sp³-hybridized carbons (Fsp3) is 0.429. The summed E-state index contributed by atoms with van der Waals surface area (Å²) in [6.45, 7) is 1.69. The van der Waals surface area contributed by atoms with E-state index in [1.54, 1.807) is 6.92 Å². The van der Waals surface area contributed by atoms with E-state index >= 15 is 0 Å². The van der Waals surface area contributed by atoms with Gasteiger partial charge in [-0.15, -0.1) is 0 Å². The van der Waals surface area contributed by atoms with Crippen LogP contribution in [0.4, 0.5) is 8.78 Å². The average molecular weight is 191 g/mol. The fourth-order valence-electron chi connectivity index (χ4n) is 0.768. The molecule has 0 saturated carbocycles. The zero-order chi connectivity index (χ0) is 9.84. The number of rotatable bonds is 3. The van der Waals surface area contributed by atoms with Crippen molar-refractivity contribution < 1.29 is 22.8 Å². The standard InChI is InChI=1S/C7H7F2NO3/c1-2-12-7(11)4-3-10-13-5(4)6(8)9/h3,6H,2H2,1H3. The van der Waals surface area contributed by atoms with Crippen molar-refractivity contribution in [3.8, 4) is 0 Å². The number of hydrogen-bond donors (Lipinski definition) is 0. The summed E-state index contributed by atoms with van der Waals surface area (Å²) in [5, 5.41) is 3.09. The minimum absolute atomic E-state index is 0.118. The SMILES string of the molecule is CCOC(=O)c1cnoc1C(F)F. The second-order valence-corrected chi connectivity index (χ2v) is 2.12. The third-order valence-corrected chi connectivity index (χ3v) is 1.29. The van der Waals surface area contributed by atoms with Crippen LogP contribution in [0.5, 0.6) is 0 Å². The van der Waals surface area contributed by atoms with E-state index in [4.69, 9.17) is 0 Å². The first-order chi connectivity index (χ1) is 6.16. The number of carbonyl (C=O) groups excluding carboxylic acids is 1. The molecule has 0 aliphatic heterocycles. The number of aromatic nitrogens is 1. The lowest BCUT2D eigenvalue weighted by atomic mass is 10.3. The van der Waals surface area contributed by atoms with Gasteiger partial charge in [0.1, 0.15) is 5.56 Å². The monoisotopic (exact) mass is 191 g/mol. The Hall–Kier alpha value is -1.46. The van der Waals surface area contributed by atoms with Crippen LogP contribution in [0.3, 0.4) is 0 Å². The van der Waals surface area contributed by atoms with E-state index in [1.165, 1.54) is 0 Å². The van der Waals surface area contributed by atoms with Gasteiger partial charge in [0.2, 0.25) is 5.76 Å². The predicted molar refractivity (Wildman–Crippen MR) is 37.4 cm³/mol. The van der Waals surface area contributed by atoms with Crippen LogP contribution in [-0.2, 0) is 4.74 Å². The van der Waals surface area contributed by atoms with E-state index in [9.17, 15) is 13.6 Å². The highest BCUT2D eigenvalue weighted by molar-refractivity contribution is 5.90. The van der Waals surface area contributed by atoms with Crippen molar-refractivity contribution in [3.05, 3.63) is 17.5 Å². The molecule has 0 aliphatic carbocycles. The van der Waals surface area contributed by atoms with Crippen molar-refractivity contribution in [3.63, 3.8) is 0 Å². The summed E-state index contributed by atoms with van der Waals surface area (Å²) in [5.41, 5.74) is -0.322. The van der Waals surface area contributed by atoms with Crippen LogP contribution in [0, 0.1) is 0 Å². The van der Waals surface area contributed by atoms with Gasteiger partial charge in [-0.2, -0.15) is 0 Å². The first-order valence-electron chi connectivity index (χ1n) is 3.56. The molecule has 0 radical (unpaired) electrons. The number of halogens is 2. The van der Waals surface area contributed by atoms with Crippen molar-refractivity contribution in [2.24, 2.45) is 0 Å². The van der Waals surface area contributed by atoms with Crippen LogP contribution < -0.4 is 0 Å². The summed E-state index contributed by atoms with van der Waals surface area (Å²) in [6, 6.07) is 0. The summed E-state index contributed by atoms with van der Waals surface area (Å²) in [5.74, 6) is -1.60. The Morgan fingerprint density at radius 3 is 3.00 bits per heavy atom. The maximum Gasteiger partial charge on any atom is 0.343 e. The summed E-state index contributed by atoms with van der Waals surface area (Å²) in [6.07, 6.45) is -1.94. The van der Waals surface area contributed by atoms with Crippen LogP contribution in [0.15, 0.2) is 10.7 Å². The Bertz CT molecular complexity index is 298. The van der Waals surface area contributed by atoms with Gasteiger partial charge in [0.05, 0.1) is 12.8 Å². The molecule has 1 aromatic rings. The number of ether oxygens (including phenoxy) is 1. The van der Waals surface area contributed by atoms with Crippen LogP contribution in [0.1, 0.15) is 29.5 Å². The molecule has 4 nitrogen and oxygen atoms in total.